The molecule has 4 rings (SSSR count). The van der Waals surface area contributed by atoms with Gasteiger partial charge in [-0.2, -0.15) is 0 Å². The molecule has 0 radical (unpaired) electrons. The second kappa shape index (κ2) is 8.49. The predicted octanol–water partition coefficient (Wildman–Crippen LogP) is 3.91. The van der Waals surface area contributed by atoms with Gasteiger partial charge in [-0.05, 0) is 19.1 Å². The number of ether oxygens (including phenoxy) is 2. The highest BCUT2D eigenvalue weighted by Crippen LogP contribution is 2.29. The fraction of sp³-hybridized carbons (Fsp3) is 0.304. The summed E-state index contributed by atoms with van der Waals surface area (Å²) in [5, 5.41) is 4.04. The average Bonchev–Trinajstić information content (AvgIpc) is 2.79. The van der Waals surface area contributed by atoms with Crippen LogP contribution in [0.5, 0.6) is 11.5 Å². The minimum atomic E-state index is -0.0990. The molecule has 2 aromatic carbocycles. The van der Waals surface area contributed by atoms with Crippen LogP contribution in [-0.4, -0.2) is 56.3 Å². The Kier molecular flexibility index (Phi) is 5.61. The van der Waals surface area contributed by atoms with Gasteiger partial charge in [0.15, 0.2) is 0 Å². The first kappa shape index (κ1) is 19.8. The van der Waals surface area contributed by atoms with Gasteiger partial charge >= 0.3 is 6.03 Å². The van der Waals surface area contributed by atoms with E-state index in [9.17, 15) is 4.79 Å². The number of nitrogens with one attached hydrogen (secondary N) is 1. The molecule has 0 atom stereocenters. The number of aryl methyl sites for hydroxylation is 1. The first-order chi connectivity index (χ1) is 14.6. The SMILES string of the molecule is COc1cc(OC)cc(N2CCN(C(=O)Nc3cc4ccccc4nc3C)CC2)c1. The second-order valence-corrected chi connectivity index (χ2v) is 7.29. The normalized spacial score (nSPS) is 14.0. The van der Waals surface area contributed by atoms with Gasteiger partial charge in [0.2, 0.25) is 0 Å². The molecule has 1 aliphatic rings. The minimum absolute atomic E-state index is 0.0990. The van der Waals surface area contributed by atoms with Crippen LogP contribution in [0, 0.1) is 6.92 Å². The van der Waals surface area contributed by atoms with Crippen LogP contribution in [-0.2, 0) is 0 Å². The van der Waals surface area contributed by atoms with Crippen molar-refractivity contribution in [3.63, 3.8) is 0 Å². The Morgan fingerprint density at radius 1 is 0.967 bits per heavy atom. The first-order valence-electron chi connectivity index (χ1n) is 9.97. The van der Waals surface area contributed by atoms with Crippen molar-refractivity contribution in [2.75, 3.05) is 50.6 Å². The summed E-state index contributed by atoms with van der Waals surface area (Å²) in [7, 11) is 3.29. The highest BCUT2D eigenvalue weighted by atomic mass is 16.5. The van der Waals surface area contributed by atoms with E-state index in [-0.39, 0.29) is 6.03 Å². The number of carbonyl (C=O) groups is 1. The van der Waals surface area contributed by atoms with Gasteiger partial charge in [-0.15, -0.1) is 0 Å². The molecule has 0 bridgehead atoms. The van der Waals surface area contributed by atoms with Crippen molar-refractivity contribution in [1.29, 1.82) is 0 Å². The van der Waals surface area contributed by atoms with Crippen molar-refractivity contribution in [1.82, 2.24) is 9.88 Å². The molecule has 0 spiro atoms. The number of nitrogens with zero attached hydrogens (tertiary/aromatic N) is 3. The molecule has 0 aliphatic carbocycles. The molecule has 2 heterocycles. The average molecular weight is 406 g/mol. The van der Waals surface area contributed by atoms with Crippen LogP contribution in [0.1, 0.15) is 5.69 Å². The molecular formula is C23H26N4O3. The lowest BCUT2D eigenvalue weighted by atomic mass is 10.2. The van der Waals surface area contributed by atoms with Crippen LogP contribution >= 0.6 is 0 Å². The lowest BCUT2D eigenvalue weighted by Crippen LogP contribution is -2.50. The van der Waals surface area contributed by atoms with E-state index in [0.717, 1.165) is 52.6 Å². The summed E-state index contributed by atoms with van der Waals surface area (Å²) < 4.78 is 10.7. The van der Waals surface area contributed by atoms with Crippen LogP contribution < -0.4 is 19.7 Å². The van der Waals surface area contributed by atoms with Crippen molar-refractivity contribution in [3.8, 4) is 11.5 Å². The summed E-state index contributed by atoms with van der Waals surface area (Å²) in [4.78, 5) is 21.5. The molecule has 1 N–H and O–H groups in total. The molecule has 7 nitrogen and oxygen atoms in total. The number of fused-ring (bicyclic) bond motifs is 1. The number of benzene rings is 2. The highest BCUT2D eigenvalue weighted by molar-refractivity contribution is 5.93. The largest absolute Gasteiger partial charge is 0.497 e. The zero-order chi connectivity index (χ0) is 21.1. The van der Waals surface area contributed by atoms with Crippen LogP contribution in [0.3, 0.4) is 0 Å². The molecule has 156 valence electrons. The number of methoxy groups -OCH3 is 2. The van der Waals surface area contributed by atoms with Crippen LogP contribution in [0.25, 0.3) is 10.9 Å². The van der Waals surface area contributed by atoms with Gasteiger partial charge in [0.25, 0.3) is 0 Å². The molecule has 1 aliphatic heterocycles. The third kappa shape index (κ3) is 4.10. The Morgan fingerprint density at radius 3 is 2.30 bits per heavy atom. The number of hydrogen-bond donors (Lipinski definition) is 1. The Labute approximate surface area is 176 Å². The van der Waals surface area contributed by atoms with E-state index in [0.29, 0.717) is 13.1 Å². The summed E-state index contributed by atoms with van der Waals surface area (Å²) in [6.07, 6.45) is 0. The zero-order valence-electron chi connectivity index (χ0n) is 17.5. The molecule has 3 aromatic rings. The number of anilines is 2. The number of piperazine rings is 1. The Bertz CT molecular complexity index is 1040. The van der Waals surface area contributed by atoms with E-state index in [1.165, 1.54) is 0 Å². The van der Waals surface area contributed by atoms with Crippen molar-refractivity contribution in [2.24, 2.45) is 0 Å². The summed E-state index contributed by atoms with van der Waals surface area (Å²) in [5.41, 5.74) is 3.51. The van der Waals surface area contributed by atoms with Crippen LogP contribution in [0.15, 0.2) is 48.5 Å². The Hall–Kier alpha value is -3.48. The van der Waals surface area contributed by atoms with Gasteiger partial charge in [-0.25, -0.2) is 4.79 Å². The van der Waals surface area contributed by atoms with Gasteiger partial charge in [0.05, 0.1) is 31.1 Å². The van der Waals surface area contributed by atoms with Crippen LogP contribution in [0.4, 0.5) is 16.2 Å². The summed E-state index contributed by atoms with van der Waals surface area (Å²) >= 11 is 0. The van der Waals surface area contributed by atoms with Crippen molar-refractivity contribution >= 4 is 28.3 Å². The Balaban J connectivity index is 1.42. The van der Waals surface area contributed by atoms with E-state index in [2.05, 4.69) is 15.2 Å². The number of aromatic nitrogens is 1. The Morgan fingerprint density at radius 2 is 1.63 bits per heavy atom. The third-order valence-corrected chi connectivity index (χ3v) is 5.42. The molecule has 1 saturated heterocycles. The van der Waals surface area contributed by atoms with Crippen LogP contribution in [0.2, 0.25) is 0 Å². The number of pyridine rings is 1. The predicted molar refractivity (Wildman–Crippen MR) is 119 cm³/mol. The molecule has 0 unspecified atom stereocenters. The van der Waals surface area contributed by atoms with E-state index in [1.54, 1.807) is 14.2 Å². The number of carbonyl (C=O) groups excluding carboxylic acids is 1. The van der Waals surface area contributed by atoms with Gasteiger partial charge in [-0.3, -0.25) is 4.98 Å². The van der Waals surface area contributed by atoms with E-state index in [4.69, 9.17) is 9.47 Å². The highest BCUT2D eigenvalue weighted by Gasteiger charge is 2.22. The molecule has 1 aromatic heterocycles. The van der Waals surface area contributed by atoms with Gasteiger partial charge in [-0.1, -0.05) is 18.2 Å². The number of hydrogen-bond acceptors (Lipinski definition) is 5. The van der Waals surface area contributed by atoms with Crippen molar-refractivity contribution < 1.29 is 14.3 Å². The van der Waals surface area contributed by atoms with Gasteiger partial charge < -0.3 is 24.6 Å². The lowest BCUT2D eigenvalue weighted by molar-refractivity contribution is 0.208. The maximum absolute atomic E-state index is 12.8. The van der Waals surface area contributed by atoms with Gasteiger partial charge in [0.1, 0.15) is 11.5 Å². The van der Waals surface area contributed by atoms with E-state index < -0.39 is 0 Å². The summed E-state index contributed by atoms with van der Waals surface area (Å²) in [6.45, 7) is 4.64. The number of amides is 2. The number of rotatable bonds is 4. The lowest BCUT2D eigenvalue weighted by Gasteiger charge is -2.36. The quantitative estimate of drug-likeness (QED) is 0.712. The monoisotopic (exact) mass is 406 g/mol. The molecule has 2 amide bonds. The first-order valence-corrected chi connectivity index (χ1v) is 9.97. The van der Waals surface area contributed by atoms with E-state index in [1.807, 2.05) is 60.4 Å². The second-order valence-electron chi connectivity index (χ2n) is 7.29. The zero-order valence-corrected chi connectivity index (χ0v) is 17.5. The minimum Gasteiger partial charge on any atom is -0.497 e. The summed E-state index contributed by atoms with van der Waals surface area (Å²) in [6, 6.07) is 15.6. The molecule has 30 heavy (non-hydrogen) atoms. The maximum atomic E-state index is 12.8. The molecule has 7 heteroatoms. The van der Waals surface area contributed by atoms with E-state index >= 15 is 0 Å². The topological polar surface area (TPSA) is 66.9 Å². The van der Waals surface area contributed by atoms with Gasteiger partial charge in [0, 0.05) is 55.5 Å². The smallest absolute Gasteiger partial charge is 0.322 e. The van der Waals surface area contributed by atoms with Crippen molar-refractivity contribution in [3.05, 3.63) is 54.2 Å². The summed E-state index contributed by atoms with van der Waals surface area (Å²) in [5.74, 6) is 1.51. The maximum Gasteiger partial charge on any atom is 0.322 e. The molecular weight excluding hydrogens is 380 g/mol. The molecule has 1 fully saturated rings. The van der Waals surface area contributed by atoms with Crippen molar-refractivity contribution in [2.45, 2.75) is 6.92 Å². The number of para-hydroxylation sites is 1. The number of urea groups is 1. The fourth-order valence-corrected chi connectivity index (χ4v) is 3.68. The molecule has 0 saturated carbocycles. The fourth-order valence-electron chi connectivity index (χ4n) is 3.68. The third-order valence-electron chi connectivity index (χ3n) is 5.42. The standard InChI is InChI=1S/C23H26N4O3/c1-16-22(12-17-6-4-5-7-21(17)24-16)25-23(28)27-10-8-26(9-11-27)18-13-19(29-2)15-20(14-18)30-3/h4-7,12-15H,8-11H2,1-3H3,(H,25,28).